The van der Waals surface area contributed by atoms with Crippen LogP contribution in [-0.2, 0) is 11.3 Å². The number of carbonyl (C=O) groups excluding carboxylic acids is 1. The summed E-state index contributed by atoms with van der Waals surface area (Å²) >= 11 is 0. The highest BCUT2D eigenvalue weighted by atomic mass is 16.5. The number of methoxy groups -OCH3 is 1. The van der Waals surface area contributed by atoms with Gasteiger partial charge in [0.15, 0.2) is 0 Å². The molecule has 1 fully saturated rings. The minimum atomic E-state index is 0.147. The van der Waals surface area contributed by atoms with Gasteiger partial charge in [0.1, 0.15) is 11.6 Å². The molecule has 1 amide bonds. The van der Waals surface area contributed by atoms with Crippen LogP contribution in [-0.4, -0.2) is 55.6 Å². The molecule has 6 heteroatoms. The van der Waals surface area contributed by atoms with E-state index in [1.54, 1.807) is 13.3 Å². The van der Waals surface area contributed by atoms with Crippen molar-refractivity contribution in [3.8, 4) is 5.75 Å². The maximum absolute atomic E-state index is 12.3. The van der Waals surface area contributed by atoms with Crippen molar-refractivity contribution in [1.82, 2.24) is 15.2 Å². The van der Waals surface area contributed by atoms with Crippen LogP contribution in [0.5, 0.6) is 5.75 Å². The van der Waals surface area contributed by atoms with Crippen molar-refractivity contribution in [2.45, 2.75) is 6.54 Å². The fourth-order valence-corrected chi connectivity index (χ4v) is 2.89. The molecule has 1 aromatic heterocycles. The van der Waals surface area contributed by atoms with Gasteiger partial charge in [-0.1, -0.05) is 18.2 Å². The summed E-state index contributed by atoms with van der Waals surface area (Å²) in [5.41, 5.74) is 1.13. The second-order valence-corrected chi connectivity index (χ2v) is 6.01. The number of nitrogens with zero attached hydrogens (tertiary/aromatic N) is 3. The lowest BCUT2D eigenvalue weighted by Gasteiger charge is -2.35. The Balaban J connectivity index is 1.40. The smallest absolute Gasteiger partial charge is 0.236 e. The molecule has 0 bridgehead atoms. The number of rotatable bonds is 6. The van der Waals surface area contributed by atoms with Crippen molar-refractivity contribution in [1.29, 1.82) is 0 Å². The number of aromatic nitrogens is 1. The topological polar surface area (TPSA) is 57.7 Å². The molecule has 25 heavy (non-hydrogen) atoms. The first kappa shape index (κ1) is 17.2. The second kappa shape index (κ2) is 8.48. The lowest BCUT2D eigenvalue weighted by atomic mass is 10.2. The number of anilines is 1. The number of ether oxygens (including phenoxy) is 1. The van der Waals surface area contributed by atoms with Gasteiger partial charge in [0.2, 0.25) is 5.91 Å². The molecule has 0 unspecified atom stereocenters. The van der Waals surface area contributed by atoms with Crippen molar-refractivity contribution < 1.29 is 9.53 Å². The molecule has 0 aliphatic carbocycles. The first-order valence-electron chi connectivity index (χ1n) is 8.53. The summed E-state index contributed by atoms with van der Waals surface area (Å²) in [4.78, 5) is 20.8. The third-order valence-electron chi connectivity index (χ3n) is 4.37. The SMILES string of the molecule is COc1ccc(CNCC(=O)N2CCN(c3ccccn3)CC2)cc1. The van der Waals surface area contributed by atoms with Crippen LogP contribution in [0.4, 0.5) is 5.82 Å². The first-order valence-corrected chi connectivity index (χ1v) is 8.53. The van der Waals surface area contributed by atoms with Gasteiger partial charge in [0.05, 0.1) is 13.7 Å². The van der Waals surface area contributed by atoms with E-state index in [1.807, 2.05) is 47.4 Å². The number of hydrogen-bond donors (Lipinski definition) is 1. The van der Waals surface area contributed by atoms with Crippen molar-refractivity contribution >= 4 is 11.7 Å². The van der Waals surface area contributed by atoms with E-state index < -0.39 is 0 Å². The third-order valence-corrected chi connectivity index (χ3v) is 4.37. The number of pyridine rings is 1. The molecule has 1 saturated heterocycles. The van der Waals surface area contributed by atoms with E-state index in [-0.39, 0.29) is 5.91 Å². The molecule has 0 atom stereocenters. The summed E-state index contributed by atoms with van der Waals surface area (Å²) < 4.78 is 5.14. The number of nitrogens with one attached hydrogen (secondary N) is 1. The number of benzene rings is 1. The Kier molecular flexibility index (Phi) is 5.85. The Labute approximate surface area is 148 Å². The summed E-state index contributed by atoms with van der Waals surface area (Å²) in [6.07, 6.45) is 1.80. The molecule has 132 valence electrons. The molecule has 1 aliphatic heterocycles. The van der Waals surface area contributed by atoms with Crippen molar-refractivity contribution in [2.75, 3.05) is 44.7 Å². The zero-order valence-electron chi connectivity index (χ0n) is 14.5. The van der Waals surface area contributed by atoms with E-state index in [4.69, 9.17) is 4.74 Å². The van der Waals surface area contributed by atoms with Gasteiger partial charge in [-0.05, 0) is 29.8 Å². The van der Waals surface area contributed by atoms with Crippen molar-refractivity contribution in [3.63, 3.8) is 0 Å². The number of amides is 1. The van der Waals surface area contributed by atoms with Gasteiger partial charge in [-0.15, -0.1) is 0 Å². The van der Waals surface area contributed by atoms with E-state index in [1.165, 1.54) is 0 Å². The molecule has 3 rings (SSSR count). The predicted octanol–water partition coefficient (Wildman–Crippen LogP) is 1.53. The van der Waals surface area contributed by atoms with Gasteiger partial charge >= 0.3 is 0 Å². The van der Waals surface area contributed by atoms with Gasteiger partial charge < -0.3 is 19.9 Å². The summed E-state index contributed by atoms with van der Waals surface area (Å²) in [6, 6.07) is 13.8. The number of piperazine rings is 1. The van der Waals surface area contributed by atoms with Crippen LogP contribution in [0.15, 0.2) is 48.7 Å². The second-order valence-electron chi connectivity index (χ2n) is 6.01. The molecule has 2 heterocycles. The zero-order valence-corrected chi connectivity index (χ0v) is 14.5. The minimum Gasteiger partial charge on any atom is -0.497 e. The predicted molar refractivity (Wildman–Crippen MR) is 97.7 cm³/mol. The molecule has 0 spiro atoms. The molecule has 1 aromatic carbocycles. The summed E-state index contributed by atoms with van der Waals surface area (Å²) in [5.74, 6) is 1.96. The normalized spacial score (nSPS) is 14.4. The Morgan fingerprint density at radius 2 is 1.88 bits per heavy atom. The summed E-state index contributed by atoms with van der Waals surface area (Å²) in [6.45, 7) is 4.14. The Morgan fingerprint density at radius 1 is 1.12 bits per heavy atom. The van der Waals surface area contributed by atoms with E-state index >= 15 is 0 Å². The highest BCUT2D eigenvalue weighted by molar-refractivity contribution is 5.78. The van der Waals surface area contributed by atoms with Crippen molar-refractivity contribution in [3.05, 3.63) is 54.2 Å². The average molecular weight is 340 g/mol. The highest BCUT2D eigenvalue weighted by Crippen LogP contribution is 2.13. The lowest BCUT2D eigenvalue weighted by molar-refractivity contribution is -0.130. The number of hydrogen-bond acceptors (Lipinski definition) is 5. The molecule has 1 N–H and O–H groups in total. The summed E-state index contributed by atoms with van der Waals surface area (Å²) in [7, 11) is 1.65. The van der Waals surface area contributed by atoms with Crippen LogP contribution in [0.1, 0.15) is 5.56 Å². The van der Waals surface area contributed by atoms with Crippen LogP contribution in [0.25, 0.3) is 0 Å². The van der Waals surface area contributed by atoms with Gasteiger partial charge in [-0.3, -0.25) is 4.79 Å². The molecule has 0 saturated carbocycles. The van der Waals surface area contributed by atoms with Gasteiger partial charge in [-0.2, -0.15) is 0 Å². The third kappa shape index (κ3) is 4.70. The minimum absolute atomic E-state index is 0.147. The fraction of sp³-hybridized carbons (Fsp3) is 0.368. The Morgan fingerprint density at radius 3 is 2.52 bits per heavy atom. The van der Waals surface area contributed by atoms with Crippen LogP contribution < -0.4 is 15.0 Å². The average Bonchev–Trinajstić information content (AvgIpc) is 2.69. The van der Waals surface area contributed by atoms with Crippen LogP contribution in [0, 0.1) is 0 Å². The quantitative estimate of drug-likeness (QED) is 0.864. The van der Waals surface area contributed by atoms with Gasteiger partial charge in [-0.25, -0.2) is 4.98 Å². The molecule has 6 nitrogen and oxygen atoms in total. The van der Waals surface area contributed by atoms with Crippen LogP contribution in [0.2, 0.25) is 0 Å². The molecule has 1 aliphatic rings. The van der Waals surface area contributed by atoms with Gasteiger partial charge in [0.25, 0.3) is 0 Å². The van der Waals surface area contributed by atoms with E-state index in [0.717, 1.165) is 43.3 Å². The molecular formula is C19H24N4O2. The van der Waals surface area contributed by atoms with E-state index in [0.29, 0.717) is 13.1 Å². The maximum Gasteiger partial charge on any atom is 0.236 e. The maximum atomic E-state index is 12.3. The zero-order chi connectivity index (χ0) is 17.5. The van der Waals surface area contributed by atoms with E-state index in [2.05, 4.69) is 15.2 Å². The molecule has 0 radical (unpaired) electrons. The largest absolute Gasteiger partial charge is 0.497 e. The van der Waals surface area contributed by atoms with Crippen molar-refractivity contribution in [2.24, 2.45) is 0 Å². The lowest BCUT2D eigenvalue weighted by Crippen LogP contribution is -2.51. The fourth-order valence-electron chi connectivity index (χ4n) is 2.89. The highest BCUT2D eigenvalue weighted by Gasteiger charge is 2.21. The Bertz CT molecular complexity index is 668. The van der Waals surface area contributed by atoms with Crippen LogP contribution in [0.3, 0.4) is 0 Å². The Hall–Kier alpha value is -2.60. The van der Waals surface area contributed by atoms with Gasteiger partial charge in [0, 0.05) is 38.9 Å². The van der Waals surface area contributed by atoms with E-state index in [9.17, 15) is 4.79 Å². The first-order chi connectivity index (χ1) is 12.3. The standard InChI is InChI=1S/C19H24N4O2/c1-25-17-7-5-16(6-8-17)14-20-15-19(24)23-12-10-22(11-13-23)18-4-2-3-9-21-18/h2-9,20H,10-15H2,1H3. The number of carbonyl (C=O) groups is 1. The van der Waals surface area contributed by atoms with Crippen LogP contribution >= 0.6 is 0 Å². The molecular weight excluding hydrogens is 316 g/mol. The molecule has 2 aromatic rings. The monoisotopic (exact) mass is 340 g/mol. The summed E-state index contributed by atoms with van der Waals surface area (Å²) in [5, 5.41) is 3.22.